The molecule has 0 spiro atoms. The summed E-state index contributed by atoms with van der Waals surface area (Å²) < 4.78 is 52.7. The van der Waals surface area contributed by atoms with Crippen molar-refractivity contribution in [2.45, 2.75) is 17.8 Å². The van der Waals surface area contributed by atoms with Crippen molar-refractivity contribution in [3.63, 3.8) is 0 Å². The first-order chi connectivity index (χ1) is 13.4. The topological polar surface area (TPSA) is 77.1 Å². The number of methoxy groups -OCH3 is 2. The van der Waals surface area contributed by atoms with E-state index in [-0.39, 0.29) is 18.7 Å². The van der Waals surface area contributed by atoms with Gasteiger partial charge in [-0.05, 0) is 23.8 Å². The van der Waals surface area contributed by atoms with Crippen molar-refractivity contribution in [3.8, 4) is 11.5 Å². The second-order valence-electron chi connectivity index (χ2n) is 6.40. The van der Waals surface area contributed by atoms with E-state index in [1.165, 1.54) is 25.3 Å². The Hall–Kier alpha value is -2.20. The molecule has 1 heterocycles. The molecule has 0 aromatic heterocycles. The highest BCUT2D eigenvalue weighted by Gasteiger charge is 2.43. The molecule has 1 aliphatic heterocycles. The van der Waals surface area contributed by atoms with Crippen LogP contribution >= 0.6 is 0 Å². The molecule has 9 heteroatoms. The molecule has 2 aromatic rings. The maximum absolute atomic E-state index is 13.8. The molecule has 0 bridgehead atoms. The Kier molecular flexibility index (Phi) is 6.19. The third kappa shape index (κ3) is 4.12. The largest absolute Gasteiger partial charge is 0.493 e. The lowest BCUT2D eigenvalue weighted by atomic mass is 10.0. The molecule has 3 rings (SSSR count). The molecule has 152 valence electrons. The smallest absolute Gasteiger partial charge is 0.219 e. The van der Waals surface area contributed by atoms with E-state index in [0.29, 0.717) is 17.1 Å². The highest BCUT2D eigenvalue weighted by Crippen LogP contribution is 2.37. The predicted octanol–water partition coefficient (Wildman–Crippen LogP) is 2.25. The number of hydroxylamine groups is 2. The van der Waals surface area contributed by atoms with E-state index in [0.717, 1.165) is 0 Å². The number of hydrogen-bond donors (Lipinski definition) is 1. The minimum atomic E-state index is -3.80. The first-order valence-corrected chi connectivity index (χ1v) is 10.2. The number of rotatable bonds is 7. The normalized spacial score (nSPS) is 20.3. The van der Waals surface area contributed by atoms with Crippen molar-refractivity contribution in [2.24, 2.45) is 0 Å². The Morgan fingerprint density at radius 3 is 2.57 bits per heavy atom. The fourth-order valence-corrected chi connectivity index (χ4v) is 4.72. The van der Waals surface area contributed by atoms with E-state index in [2.05, 4.69) is 4.72 Å². The fraction of sp³-hybridized carbons (Fsp3) is 0.368. The van der Waals surface area contributed by atoms with Gasteiger partial charge in [0.15, 0.2) is 11.5 Å². The van der Waals surface area contributed by atoms with Crippen LogP contribution in [-0.2, 0) is 21.4 Å². The first kappa shape index (κ1) is 20.5. The molecular weight excluding hydrogens is 387 g/mol. The molecule has 28 heavy (non-hydrogen) atoms. The molecule has 2 atom stereocenters. The lowest BCUT2D eigenvalue weighted by Gasteiger charge is -2.24. The third-order valence-electron chi connectivity index (χ3n) is 4.76. The molecular formula is C19H23FN2O5S. The monoisotopic (exact) mass is 410 g/mol. The highest BCUT2D eigenvalue weighted by molar-refractivity contribution is 7.90. The molecule has 1 aliphatic rings. The zero-order chi connectivity index (χ0) is 20.3. The van der Waals surface area contributed by atoms with Gasteiger partial charge in [-0.1, -0.05) is 24.3 Å². The van der Waals surface area contributed by atoms with Crippen LogP contribution in [-0.4, -0.2) is 46.6 Å². The van der Waals surface area contributed by atoms with Gasteiger partial charge in [-0.25, -0.2) is 17.5 Å². The molecule has 0 amide bonds. The van der Waals surface area contributed by atoms with Crippen molar-refractivity contribution >= 4 is 10.0 Å². The van der Waals surface area contributed by atoms with Crippen LogP contribution in [0.25, 0.3) is 0 Å². The molecule has 0 saturated carbocycles. The van der Waals surface area contributed by atoms with Crippen LogP contribution in [0.4, 0.5) is 4.39 Å². The van der Waals surface area contributed by atoms with Gasteiger partial charge in [-0.2, -0.15) is 5.06 Å². The zero-order valence-corrected chi connectivity index (χ0v) is 16.7. The standard InChI is InChI=1S/C19H23FN2O5S/c1-22-19(13-8-9-16(25-2)17(10-13)26-3)18(12-27-22)28(23,24)21-11-14-6-4-5-7-15(14)20/h4-10,18-19,21H,11-12H2,1-3H3/t18-,19-/m0/s1. The maximum atomic E-state index is 13.8. The summed E-state index contributed by atoms with van der Waals surface area (Å²) in [7, 11) is 0.923. The van der Waals surface area contributed by atoms with Gasteiger partial charge in [0.25, 0.3) is 0 Å². The number of ether oxygens (including phenoxy) is 2. The minimum Gasteiger partial charge on any atom is -0.493 e. The number of halogens is 1. The summed E-state index contributed by atoms with van der Waals surface area (Å²) in [5.41, 5.74) is 0.986. The average Bonchev–Trinajstić information content (AvgIpc) is 3.09. The number of sulfonamides is 1. The molecule has 0 radical (unpaired) electrons. The van der Waals surface area contributed by atoms with Gasteiger partial charge in [-0.15, -0.1) is 0 Å². The third-order valence-corrected chi connectivity index (χ3v) is 6.49. The Labute approximate surface area is 164 Å². The fourth-order valence-electron chi connectivity index (χ4n) is 3.24. The van der Waals surface area contributed by atoms with Crippen molar-refractivity contribution in [1.82, 2.24) is 9.79 Å². The summed E-state index contributed by atoms with van der Waals surface area (Å²) in [4.78, 5) is 5.49. The van der Waals surface area contributed by atoms with Gasteiger partial charge < -0.3 is 9.47 Å². The van der Waals surface area contributed by atoms with E-state index in [9.17, 15) is 12.8 Å². The van der Waals surface area contributed by atoms with Crippen LogP contribution in [0.1, 0.15) is 17.2 Å². The minimum absolute atomic E-state index is 0.0118. The van der Waals surface area contributed by atoms with Crippen LogP contribution in [0.5, 0.6) is 11.5 Å². The lowest BCUT2D eigenvalue weighted by molar-refractivity contribution is -0.110. The van der Waals surface area contributed by atoms with Crippen molar-refractivity contribution < 1.29 is 27.1 Å². The summed E-state index contributed by atoms with van der Waals surface area (Å²) in [5.74, 6) is 0.585. The second-order valence-corrected chi connectivity index (χ2v) is 8.38. The van der Waals surface area contributed by atoms with E-state index >= 15 is 0 Å². The highest BCUT2D eigenvalue weighted by atomic mass is 32.2. The molecule has 0 unspecified atom stereocenters. The summed E-state index contributed by atoms with van der Waals surface area (Å²) in [5, 5.41) is 0.635. The van der Waals surface area contributed by atoms with Crippen LogP contribution in [0, 0.1) is 5.82 Å². The predicted molar refractivity (Wildman–Crippen MR) is 102 cm³/mol. The molecule has 1 fully saturated rings. The Morgan fingerprint density at radius 1 is 1.18 bits per heavy atom. The van der Waals surface area contributed by atoms with Gasteiger partial charge in [0.2, 0.25) is 10.0 Å². The molecule has 0 aliphatic carbocycles. The maximum Gasteiger partial charge on any atom is 0.219 e. The Balaban J connectivity index is 1.85. The van der Waals surface area contributed by atoms with E-state index < -0.39 is 27.1 Å². The number of hydrogen-bond acceptors (Lipinski definition) is 6. The summed E-state index contributed by atoms with van der Waals surface area (Å²) in [6, 6.07) is 10.7. The van der Waals surface area contributed by atoms with E-state index in [1.807, 2.05) is 0 Å². The average molecular weight is 410 g/mol. The van der Waals surface area contributed by atoms with Crippen LogP contribution in [0.3, 0.4) is 0 Å². The van der Waals surface area contributed by atoms with Crippen LogP contribution in [0.15, 0.2) is 42.5 Å². The van der Waals surface area contributed by atoms with Gasteiger partial charge in [0.1, 0.15) is 11.1 Å². The zero-order valence-electron chi connectivity index (χ0n) is 15.9. The van der Waals surface area contributed by atoms with Gasteiger partial charge in [0.05, 0.1) is 26.9 Å². The summed E-state index contributed by atoms with van der Waals surface area (Å²) in [6.07, 6.45) is 0. The van der Waals surface area contributed by atoms with Crippen LogP contribution in [0.2, 0.25) is 0 Å². The van der Waals surface area contributed by atoms with Gasteiger partial charge in [0, 0.05) is 19.2 Å². The summed E-state index contributed by atoms with van der Waals surface area (Å²) >= 11 is 0. The van der Waals surface area contributed by atoms with Crippen LogP contribution < -0.4 is 14.2 Å². The Morgan fingerprint density at radius 2 is 1.89 bits per heavy atom. The summed E-state index contributed by atoms with van der Waals surface area (Å²) in [6.45, 7) is -0.143. The van der Waals surface area contributed by atoms with Crippen molar-refractivity contribution in [3.05, 3.63) is 59.4 Å². The number of nitrogens with one attached hydrogen (secondary N) is 1. The lowest BCUT2D eigenvalue weighted by Crippen LogP contribution is -2.39. The molecule has 1 N–H and O–H groups in total. The number of nitrogens with zero attached hydrogens (tertiary/aromatic N) is 1. The Bertz CT molecular complexity index is 938. The first-order valence-electron chi connectivity index (χ1n) is 8.67. The van der Waals surface area contributed by atoms with Crippen molar-refractivity contribution in [2.75, 3.05) is 27.9 Å². The SMILES string of the molecule is COc1ccc([C@H]2[C@@H](S(=O)(=O)NCc3ccccc3F)CON2C)cc1OC. The molecule has 1 saturated heterocycles. The van der Waals surface area contributed by atoms with Gasteiger partial charge in [-0.3, -0.25) is 4.84 Å². The quantitative estimate of drug-likeness (QED) is 0.755. The molecule has 7 nitrogen and oxygen atoms in total. The molecule has 2 aromatic carbocycles. The van der Waals surface area contributed by atoms with Gasteiger partial charge >= 0.3 is 0 Å². The van der Waals surface area contributed by atoms with E-state index in [1.54, 1.807) is 43.4 Å². The second kappa shape index (κ2) is 8.44. The van der Waals surface area contributed by atoms with Crippen molar-refractivity contribution in [1.29, 1.82) is 0 Å². The van der Waals surface area contributed by atoms with E-state index in [4.69, 9.17) is 14.3 Å². The number of benzene rings is 2.